The van der Waals surface area contributed by atoms with Crippen molar-refractivity contribution >= 4 is 6.09 Å². The molecule has 1 saturated carbocycles. The SMILES string of the molecule is CC(C)(C)OC(=O)NCC(C)(NCc1cccnc1)C1CC1. The molecule has 1 aliphatic carbocycles. The van der Waals surface area contributed by atoms with Gasteiger partial charge >= 0.3 is 6.09 Å². The molecule has 5 nitrogen and oxygen atoms in total. The third-order valence-corrected chi connectivity index (χ3v) is 3.90. The first kappa shape index (κ1) is 16.7. The predicted molar refractivity (Wildman–Crippen MR) is 86.4 cm³/mol. The summed E-state index contributed by atoms with van der Waals surface area (Å²) >= 11 is 0. The number of amides is 1. The average molecular weight is 305 g/mol. The average Bonchev–Trinajstić information content (AvgIpc) is 3.27. The number of alkyl carbamates (subject to hydrolysis) is 1. The largest absolute Gasteiger partial charge is 0.444 e. The number of carbonyl (C=O) groups is 1. The first-order chi connectivity index (χ1) is 10.3. The third-order valence-electron chi connectivity index (χ3n) is 3.90. The van der Waals surface area contributed by atoms with E-state index in [-0.39, 0.29) is 11.6 Å². The molecule has 1 aromatic heterocycles. The maximum absolute atomic E-state index is 11.9. The number of hydrogen-bond acceptors (Lipinski definition) is 4. The summed E-state index contributed by atoms with van der Waals surface area (Å²) in [5.41, 5.74) is 0.558. The van der Waals surface area contributed by atoms with Crippen LogP contribution in [0.5, 0.6) is 0 Å². The molecule has 2 N–H and O–H groups in total. The molecule has 5 heteroatoms. The lowest BCUT2D eigenvalue weighted by atomic mass is 9.95. The molecule has 0 aromatic carbocycles. The standard InChI is InChI=1S/C17H27N3O2/c1-16(2,3)22-15(21)19-12-17(4,14-7-8-14)20-11-13-6-5-9-18-10-13/h5-6,9-10,14,20H,7-8,11-12H2,1-4H3,(H,19,21). The summed E-state index contributed by atoms with van der Waals surface area (Å²) in [6.45, 7) is 9.08. The molecule has 0 bridgehead atoms. The zero-order valence-corrected chi connectivity index (χ0v) is 14.0. The highest BCUT2D eigenvalue weighted by molar-refractivity contribution is 5.67. The minimum atomic E-state index is -0.469. The van der Waals surface area contributed by atoms with Crippen LogP contribution >= 0.6 is 0 Å². The monoisotopic (exact) mass is 305 g/mol. The highest BCUT2D eigenvalue weighted by Gasteiger charge is 2.41. The molecule has 0 saturated heterocycles. The second-order valence-electron chi connectivity index (χ2n) is 7.26. The Labute approximate surface area is 132 Å². The van der Waals surface area contributed by atoms with E-state index in [1.165, 1.54) is 12.8 Å². The Bertz CT molecular complexity index is 494. The van der Waals surface area contributed by atoms with Gasteiger partial charge in [0, 0.05) is 31.0 Å². The molecule has 2 rings (SSSR count). The molecular weight excluding hydrogens is 278 g/mol. The molecular formula is C17H27N3O2. The van der Waals surface area contributed by atoms with Gasteiger partial charge in [-0.2, -0.15) is 0 Å². The Hall–Kier alpha value is -1.62. The quantitative estimate of drug-likeness (QED) is 0.848. The van der Waals surface area contributed by atoms with Gasteiger partial charge in [0.1, 0.15) is 5.60 Å². The van der Waals surface area contributed by atoms with Crippen LogP contribution < -0.4 is 10.6 Å². The van der Waals surface area contributed by atoms with Crippen LogP contribution in [0, 0.1) is 5.92 Å². The Morgan fingerprint density at radius 2 is 2.09 bits per heavy atom. The highest BCUT2D eigenvalue weighted by Crippen LogP contribution is 2.39. The van der Waals surface area contributed by atoms with Gasteiger partial charge < -0.3 is 15.4 Å². The Morgan fingerprint density at radius 1 is 1.36 bits per heavy atom. The second-order valence-corrected chi connectivity index (χ2v) is 7.26. The number of carbonyl (C=O) groups excluding carboxylic acids is 1. The minimum Gasteiger partial charge on any atom is -0.444 e. The van der Waals surface area contributed by atoms with Gasteiger partial charge in [-0.05, 0) is 58.1 Å². The second kappa shape index (κ2) is 6.65. The van der Waals surface area contributed by atoms with Crippen LogP contribution in [0.2, 0.25) is 0 Å². The van der Waals surface area contributed by atoms with Crippen LogP contribution in [0.4, 0.5) is 4.79 Å². The predicted octanol–water partition coefficient (Wildman–Crippen LogP) is 2.86. The lowest BCUT2D eigenvalue weighted by molar-refractivity contribution is 0.0507. The molecule has 1 aromatic rings. The van der Waals surface area contributed by atoms with Gasteiger partial charge in [0.15, 0.2) is 0 Å². The number of rotatable bonds is 6. The summed E-state index contributed by atoms with van der Waals surface area (Å²) in [5.74, 6) is 0.596. The van der Waals surface area contributed by atoms with Gasteiger partial charge in [0.2, 0.25) is 0 Å². The summed E-state index contributed by atoms with van der Waals surface area (Å²) in [4.78, 5) is 16.0. The molecule has 0 radical (unpaired) electrons. The number of ether oxygens (including phenoxy) is 1. The minimum absolute atomic E-state index is 0.118. The summed E-state index contributed by atoms with van der Waals surface area (Å²) in [6.07, 6.45) is 5.68. The van der Waals surface area contributed by atoms with Crippen molar-refractivity contribution in [1.82, 2.24) is 15.6 Å². The molecule has 1 atom stereocenters. The van der Waals surface area contributed by atoms with Crippen LogP contribution in [0.3, 0.4) is 0 Å². The molecule has 1 unspecified atom stereocenters. The van der Waals surface area contributed by atoms with Crippen molar-refractivity contribution in [2.45, 2.75) is 58.2 Å². The van der Waals surface area contributed by atoms with E-state index >= 15 is 0 Å². The first-order valence-electron chi connectivity index (χ1n) is 7.89. The molecule has 22 heavy (non-hydrogen) atoms. The topological polar surface area (TPSA) is 63.2 Å². The number of hydrogen-bond donors (Lipinski definition) is 2. The van der Waals surface area contributed by atoms with Crippen LogP contribution in [0.25, 0.3) is 0 Å². The molecule has 0 spiro atoms. The Morgan fingerprint density at radius 3 is 2.64 bits per heavy atom. The van der Waals surface area contributed by atoms with Crippen LogP contribution in [0.15, 0.2) is 24.5 Å². The van der Waals surface area contributed by atoms with E-state index in [1.54, 1.807) is 6.20 Å². The van der Waals surface area contributed by atoms with Crippen molar-refractivity contribution in [3.63, 3.8) is 0 Å². The van der Waals surface area contributed by atoms with Crippen molar-refractivity contribution in [3.8, 4) is 0 Å². The van der Waals surface area contributed by atoms with Gasteiger partial charge in [0.25, 0.3) is 0 Å². The molecule has 1 heterocycles. The van der Waals surface area contributed by atoms with Crippen molar-refractivity contribution in [2.24, 2.45) is 5.92 Å². The van der Waals surface area contributed by atoms with Crippen LogP contribution in [-0.2, 0) is 11.3 Å². The van der Waals surface area contributed by atoms with E-state index in [0.717, 1.165) is 12.1 Å². The van der Waals surface area contributed by atoms with Crippen molar-refractivity contribution in [3.05, 3.63) is 30.1 Å². The fraction of sp³-hybridized carbons (Fsp3) is 0.647. The summed E-state index contributed by atoms with van der Waals surface area (Å²) in [5, 5.41) is 6.48. The van der Waals surface area contributed by atoms with E-state index < -0.39 is 5.60 Å². The van der Waals surface area contributed by atoms with Crippen LogP contribution in [-0.4, -0.2) is 28.8 Å². The van der Waals surface area contributed by atoms with Crippen molar-refractivity contribution in [2.75, 3.05) is 6.54 Å². The number of pyridine rings is 1. The van der Waals surface area contributed by atoms with E-state index in [1.807, 2.05) is 33.0 Å². The summed E-state index contributed by atoms with van der Waals surface area (Å²) < 4.78 is 5.31. The third kappa shape index (κ3) is 5.30. The zero-order chi connectivity index (χ0) is 16.2. The van der Waals surface area contributed by atoms with Gasteiger partial charge in [-0.3, -0.25) is 4.98 Å². The van der Waals surface area contributed by atoms with Crippen molar-refractivity contribution < 1.29 is 9.53 Å². The van der Waals surface area contributed by atoms with Gasteiger partial charge in [-0.25, -0.2) is 4.79 Å². The van der Waals surface area contributed by atoms with Gasteiger partial charge in [-0.15, -0.1) is 0 Å². The maximum atomic E-state index is 11.9. The lowest BCUT2D eigenvalue weighted by Gasteiger charge is -2.32. The van der Waals surface area contributed by atoms with Gasteiger partial charge in [0.05, 0.1) is 0 Å². The van der Waals surface area contributed by atoms with Gasteiger partial charge in [-0.1, -0.05) is 6.07 Å². The molecule has 1 aliphatic rings. The van der Waals surface area contributed by atoms with E-state index in [2.05, 4.69) is 28.6 Å². The maximum Gasteiger partial charge on any atom is 0.407 e. The molecule has 1 fully saturated rings. The number of nitrogens with zero attached hydrogens (tertiary/aromatic N) is 1. The smallest absolute Gasteiger partial charge is 0.407 e. The van der Waals surface area contributed by atoms with E-state index in [0.29, 0.717) is 12.5 Å². The van der Waals surface area contributed by atoms with Crippen molar-refractivity contribution in [1.29, 1.82) is 0 Å². The first-order valence-corrected chi connectivity index (χ1v) is 7.89. The van der Waals surface area contributed by atoms with E-state index in [9.17, 15) is 4.79 Å². The fourth-order valence-corrected chi connectivity index (χ4v) is 2.45. The zero-order valence-electron chi connectivity index (χ0n) is 14.0. The molecule has 1 amide bonds. The summed E-state index contributed by atoms with van der Waals surface area (Å²) in [6, 6.07) is 3.99. The van der Waals surface area contributed by atoms with Crippen LogP contribution in [0.1, 0.15) is 46.1 Å². The summed E-state index contributed by atoms with van der Waals surface area (Å²) in [7, 11) is 0. The number of nitrogens with one attached hydrogen (secondary N) is 2. The fourth-order valence-electron chi connectivity index (χ4n) is 2.45. The lowest BCUT2D eigenvalue weighted by Crippen LogP contribution is -2.53. The number of aromatic nitrogens is 1. The molecule has 122 valence electrons. The Balaban J connectivity index is 1.87. The molecule has 0 aliphatic heterocycles. The normalized spacial score (nSPS) is 17.6. The van der Waals surface area contributed by atoms with E-state index in [4.69, 9.17) is 4.74 Å². The Kier molecular flexibility index (Phi) is 5.06. The highest BCUT2D eigenvalue weighted by atomic mass is 16.6.